The summed E-state index contributed by atoms with van der Waals surface area (Å²) in [4.78, 5) is 0. The monoisotopic (exact) mass is 283 g/mol. The molecule has 1 N–H and O–H groups in total. The van der Waals surface area contributed by atoms with Crippen LogP contribution in [0.15, 0.2) is 42.5 Å². The van der Waals surface area contributed by atoms with E-state index in [-0.39, 0.29) is 6.04 Å². The minimum absolute atomic E-state index is 0.163. The van der Waals surface area contributed by atoms with Crippen LogP contribution in [0.5, 0.6) is 5.75 Å². The molecule has 0 heterocycles. The van der Waals surface area contributed by atoms with Crippen LogP contribution < -0.4 is 10.1 Å². The Morgan fingerprint density at radius 1 is 1.00 bits per heavy atom. The zero-order valence-corrected chi connectivity index (χ0v) is 13.4. The smallest absolute Gasteiger partial charge is 0.124 e. The van der Waals surface area contributed by atoms with Gasteiger partial charge in [0.05, 0.1) is 12.6 Å². The Bertz CT molecular complexity index is 572. The molecule has 0 amide bonds. The molecule has 2 rings (SSSR count). The van der Waals surface area contributed by atoms with Crippen LogP contribution in [-0.4, -0.2) is 13.2 Å². The van der Waals surface area contributed by atoms with E-state index in [9.17, 15) is 0 Å². The molecule has 0 saturated heterocycles. The molecule has 0 fully saturated rings. The number of para-hydroxylation sites is 1. The fourth-order valence-electron chi connectivity index (χ4n) is 2.79. The number of ether oxygens (including phenoxy) is 1. The number of hydrogen-bond acceptors (Lipinski definition) is 2. The lowest BCUT2D eigenvalue weighted by molar-refractivity contribution is 0.333. The molecule has 2 nitrogen and oxygen atoms in total. The van der Waals surface area contributed by atoms with E-state index < -0.39 is 0 Å². The third-order valence-electron chi connectivity index (χ3n) is 3.52. The summed E-state index contributed by atoms with van der Waals surface area (Å²) in [7, 11) is 0. The molecule has 112 valence electrons. The van der Waals surface area contributed by atoms with Crippen LogP contribution in [0.4, 0.5) is 0 Å². The van der Waals surface area contributed by atoms with E-state index in [0.717, 1.165) is 12.3 Å². The predicted octanol–water partition coefficient (Wildman–Crippen LogP) is 4.40. The van der Waals surface area contributed by atoms with Gasteiger partial charge in [-0.15, -0.1) is 0 Å². The summed E-state index contributed by atoms with van der Waals surface area (Å²) in [6.07, 6.45) is 0. The number of hydrogen-bond donors (Lipinski definition) is 1. The van der Waals surface area contributed by atoms with E-state index in [1.807, 2.05) is 19.1 Å². The molecule has 0 aliphatic carbocycles. The second-order valence-corrected chi connectivity index (χ2v) is 5.38. The summed E-state index contributed by atoms with van der Waals surface area (Å²) >= 11 is 0. The van der Waals surface area contributed by atoms with Crippen LogP contribution in [0.1, 0.15) is 42.1 Å². The zero-order valence-electron chi connectivity index (χ0n) is 13.4. The van der Waals surface area contributed by atoms with Crippen molar-refractivity contribution in [1.82, 2.24) is 5.32 Å². The lowest BCUT2D eigenvalue weighted by Crippen LogP contribution is -2.23. The highest BCUT2D eigenvalue weighted by molar-refractivity contribution is 5.43. The second kappa shape index (κ2) is 7.28. The largest absolute Gasteiger partial charge is 0.494 e. The Morgan fingerprint density at radius 3 is 2.29 bits per heavy atom. The topological polar surface area (TPSA) is 21.3 Å². The molecule has 2 heteroatoms. The molecular formula is C19H25NO. The summed E-state index contributed by atoms with van der Waals surface area (Å²) in [6, 6.07) is 15.2. The fraction of sp³-hybridized carbons (Fsp3) is 0.368. The Kier molecular flexibility index (Phi) is 5.40. The molecule has 0 spiro atoms. The summed E-state index contributed by atoms with van der Waals surface area (Å²) in [5.74, 6) is 0.963. The number of benzene rings is 2. The van der Waals surface area contributed by atoms with Crippen molar-refractivity contribution in [3.8, 4) is 5.75 Å². The average Bonchev–Trinajstić information content (AvgIpc) is 2.45. The molecule has 0 bridgehead atoms. The highest BCUT2D eigenvalue weighted by Crippen LogP contribution is 2.31. The van der Waals surface area contributed by atoms with Crippen molar-refractivity contribution >= 4 is 0 Å². The molecule has 2 aromatic rings. The Balaban J connectivity index is 2.48. The Hall–Kier alpha value is -1.80. The number of rotatable bonds is 6. The first-order valence-corrected chi connectivity index (χ1v) is 7.69. The SMILES string of the molecule is CCNC(c1cc(C)cc(C)c1)c1ccccc1OCC. The molecule has 0 saturated carbocycles. The molecule has 0 radical (unpaired) electrons. The summed E-state index contributed by atoms with van der Waals surface area (Å²) in [5.41, 5.74) is 5.08. The normalized spacial score (nSPS) is 12.2. The summed E-state index contributed by atoms with van der Waals surface area (Å²) < 4.78 is 5.81. The fourth-order valence-corrected chi connectivity index (χ4v) is 2.79. The molecule has 0 aliphatic rings. The predicted molar refractivity (Wildman–Crippen MR) is 89.0 cm³/mol. The molecular weight excluding hydrogens is 258 g/mol. The van der Waals surface area contributed by atoms with Gasteiger partial charge in [-0.05, 0) is 38.9 Å². The van der Waals surface area contributed by atoms with Gasteiger partial charge >= 0.3 is 0 Å². The van der Waals surface area contributed by atoms with Gasteiger partial charge in [0.15, 0.2) is 0 Å². The third-order valence-corrected chi connectivity index (χ3v) is 3.52. The van der Waals surface area contributed by atoms with E-state index >= 15 is 0 Å². The summed E-state index contributed by atoms with van der Waals surface area (Å²) in [5, 5.41) is 3.59. The van der Waals surface area contributed by atoms with Crippen molar-refractivity contribution in [2.75, 3.05) is 13.2 Å². The Labute approximate surface area is 128 Å². The van der Waals surface area contributed by atoms with Crippen molar-refractivity contribution in [3.63, 3.8) is 0 Å². The minimum Gasteiger partial charge on any atom is -0.494 e. The van der Waals surface area contributed by atoms with Gasteiger partial charge in [-0.2, -0.15) is 0 Å². The van der Waals surface area contributed by atoms with Gasteiger partial charge in [-0.25, -0.2) is 0 Å². The highest BCUT2D eigenvalue weighted by atomic mass is 16.5. The van der Waals surface area contributed by atoms with Crippen LogP contribution in [0.3, 0.4) is 0 Å². The van der Waals surface area contributed by atoms with Crippen LogP contribution >= 0.6 is 0 Å². The van der Waals surface area contributed by atoms with Gasteiger partial charge in [0, 0.05) is 5.56 Å². The van der Waals surface area contributed by atoms with Gasteiger partial charge in [-0.1, -0.05) is 54.4 Å². The first kappa shape index (κ1) is 15.6. The highest BCUT2D eigenvalue weighted by Gasteiger charge is 2.17. The van der Waals surface area contributed by atoms with E-state index in [4.69, 9.17) is 4.74 Å². The van der Waals surface area contributed by atoms with Gasteiger partial charge in [-0.3, -0.25) is 0 Å². The number of aryl methyl sites for hydroxylation is 2. The van der Waals surface area contributed by atoms with Crippen LogP contribution in [0.2, 0.25) is 0 Å². The maximum Gasteiger partial charge on any atom is 0.124 e. The molecule has 1 unspecified atom stereocenters. The van der Waals surface area contributed by atoms with Crippen molar-refractivity contribution in [2.24, 2.45) is 0 Å². The van der Waals surface area contributed by atoms with Crippen molar-refractivity contribution < 1.29 is 4.74 Å². The van der Waals surface area contributed by atoms with Crippen molar-refractivity contribution in [2.45, 2.75) is 33.7 Å². The maximum absolute atomic E-state index is 5.81. The Morgan fingerprint density at radius 2 is 1.67 bits per heavy atom. The second-order valence-electron chi connectivity index (χ2n) is 5.38. The molecule has 0 aliphatic heterocycles. The van der Waals surface area contributed by atoms with Crippen LogP contribution in [-0.2, 0) is 0 Å². The lowest BCUT2D eigenvalue weighted by atomic mass is 9.95. The summed E-state index contributed by atoms with van der Waals surface area (Å²) in [6.45, 7) is 10.1. The van der Waals surface area contributed by atoms with Gasteiger partial charge in [0.1, 0.15) is 5.75 Å². The van der Waals surface area contributed by atoms with E-state index in [1.54, 1.807) is 0 Å². The van der Waals surface area contributed by atoms with Crippen LogP contribution in [0.25, 0.3) is 0 Å². The van der Waals surface area contributed by atoms with E-state index in [2.05, 4.69) is 56.4 Å². The zero-order chi connectivity index (χ0) is 15.2. The standard InChI is InChI=1S/C19H25NO/c1-5-20-19(16-12-14(3)11-15(4)13-16)17-9-7-8-10-18(17)21-6-2/h7-13,19-20H,5-6H2,1-4H3. The molecule has 1 atom stereocenters. The molecule has 21 heavy (non-hydrogen) atoms. The van der Waals surface area contributed by atoms with Gasteiger partial charge in [0.25, 0.3) is 0 Å². The first-order chi connectivity index (χ1) is 10.2. The maximum atomic E-state index is 5.81. The lowest BCUT2D eigenvalue weighted by Gasteiger charge is -2.22. The van der Waals surface area contributed by atoms with Crippen molar-refractivity contribution in [1.29, 1.82) is 0 Å². The number of nitrogens with one attached hydrogen (secondary N) is 1. The minimum atomic E-state index is 0.163. The van der Waals surface area contributed by atoms with Crippen LogP contribution in [0, 0.1) is 13.8 Å². The van der Waals surface area contributed by atoms with E-state index in [1.165, 1.54) is 22.3 Å². The third kappa shape index (κ3) is 3.85. The van der Waals surface area contributed by atoms with Gasteiger partial charge < -0.3 is 10.1 Å². The van der Waals surface area contributed by atoms with Gasteiger partial charge in [0.2, 0.25) is 0 Å². The average molecular weight is 283 g/mol. The molecule has 0 aromatic heterocycles. The first-order valence-electron chi connectivity index (χ1n) is 7.69. The van der Waals surface area contributed by atoms with Crippen molar-refractivity contribution in [3.05, 3.63) is 64.7 Å². The molecule has 2 aromatic carbocycles. The van der Waals surface area contributed by atoms with E-state index in [0.29, 0.717) is 6.61 Å². The quantitative estimate of drug-likeness (QED) is 0.848.